The Kier molecular flexibility index (Phi) is 7.10. The Balaban J connectivity index is 1.08. The van der Waals surface area contributed by atoms with Gasteiger partial charge in [-0.3, -0.25) is 14.9 Å². The normalized spacial score (nSPS) is 42.7. The summed E-state index contributed by atoms with van der Waals surface area (Å²) in [5.41, 5.74) is 3.25. The zero-order valence-corrected chi connectivity index (χ0v) is 18.6. The van der Waals surface area contributed by atoms with Crippen LogP contribution in [0.25, 0.3) is 0 Å². The average Bonchev–Trinajstić information content (AvgIpc) is 3.52. The molecule has 5 rings (SSSR count). The highest BCUT2D eigenvalue weighted by molar-refractivity contribution is 5.79. The lowest BCUT2D eigenvalue weighted by Crippen LogP contribution is -2.51. The van der Waals surface area contributed by atoms with Crippen LogP contribution in [0.1, 0.15) is 57.8 Å². The molecule has 0 radical (unpaired) electrons. The second-order valence-electron chi connectivity index (χ2n) is 10.3. The van der Waals surface area contributed by atoms with E-state index in [4.69, 9.17) is 9.57 Å². The van der Waals surface area contributed by atoms with E-state index < -0.39 is 12.1 Å². The van der Waals surface area contributed by atoms with Crippen molar-refractivity contribution in [1.82, 2.24) is 21.0 Å². The van der Waals surface area contributed by atoms with Crippen LogP contribution in [0.5, 0.6) is 0 Å². The van der Waals surface area contributed by atoms with Crippen molar-refractivity contribution in [2.24, 2.45) is 23.7 Å². The maximum atomic E-state index is 14.2. The average molecular weight is 439 g/mol. The molecule has 0 spiro atoms. The van der Waals surface area contributed by atoms with Gasteiger partial charge in [0.2, 0.25) is 5.91 Å². The van der Waals surface area contributed by atoms with E-state index in [1.165, 1.54) is 0 Å². The molecule has 4 heterocycles. The van der Waals surface area contributed by atoms with E-state index in [0.29, 0.717) is 36.6 Å². The van der Waals surface area contributed by atoms with Gasteiger partial charge in [-0.2, -0.15) is 5.48 Å². The van der Waals surface area contributed by atoms with Crippen LogP contribution in [-0.4, -0.2) is 68.3 Å². The lowest BCUT2D eigenvalue weighted by atomic mass is 9.84. The molecule has 0 bridgehead atoms. The molecule has 176 valence electrons. The Morgan fingerprint density at radius 3 is 2.58 bits per heavy atom. The number of halogens is 1. The fourth-order valence-corrected chi connectivity index (χ4v) is 6.39. The van der Waals surface area contributed by atoms with Crippen molar-refractivity contribution in [1.29, 1.82) is 0 Å². The lowest BCUT2D eigenvalue weighted by Gasteiger charge is -2.38. The van der Waals surface area contributed by atoms with Gasteiger partial charge in [0.05, 0.1) is 18.7 Å². The van der Waals surface area contributed by atoms with E-state index in [9.17, 15) is 9.18 Å². The second kappa shape index (κ2) is 10.00. The monoisotopic (exact) mass is 438 g/mol. The maximum Gasteiger partial charge on any atom is 0.228 e. The molecule has 1 amide bonds. The molecular weight excluding hydrogens is 399 g/mol. The van der Waals surface area contributed by atoms with Crippen LogP contribution in [-0.2, 0) is 14.4 Å². The number of carbonyl (C=O) groups is 1. The molecule has 0 aromatic heterocycles. The molecule has 1 saturated carbocycles. The number of hydrogen-bond donors (Lipinski definition) is 3. The third kappa shape index (κ3) is 4.93. The molecule has 1 aliphatic carbocycles. The van der Waals surface area contributed by atoms with Crippen molar-refractivity contribution in [3.8, 4) is 0 Å². The van der Waals surface area contributed by atoms with Crippen LogP contribution >= 0.6 is 0 Å². The van der Waals surface area contributed by atoms with Gasteiger partial charge in [0.1, 0.15) is 12.4 Å². The summed E-state index contributed by atoms with van der Waals surface area (Å²) >= 11 is 0. The number of alkyl halides is 1. The summed E-state index contributed by atoms with van der Waals surface area (Å²) in [7, 11) is 0. The molecule has 7 unspecified atom stereocenters. The minimum atomic E-state index is -0.948. The fourth-order valence-electron chi connectivity index (χ4n) is 6.39. The molecule has 5 aliphatic rings. The van der Waals surface area contributed by atoms with Gasteiger partial charge in [-0.1, -0.05) is 12.8 Å². The molecule has 0 aromatic carbocycles. The van der Waals surface area contributed by atoms with Crippen LogP contribution in [0, 0.1) is 23.7 Å². The van der Waals surface area contributed by atoms with Gasteiger partial charge in [-0.25, -0.2) is 4.39 Å². The Morgan fingerprint density at radius 1 is 0.968 bits per heavy atom. The zero-order chi connectivity index (χ0) is 21.2. The topological polar surface area (TPSA) is 74.9 Å². The van der Waals surface area contributed by atoms with E-state index >= 15 is 0 Å². The number of piperidine rings is 2. The molecule has 5 fully saturated rings. The number of carbonyl (C=O) groups excluding carboxylic acids is 1. The molecule has 0 aromatic rings. The molecule has 4 aliphatic heterocycles. The van der Waals surface area contributed by atoms with Crippen molar-refractivity contribution in [2.45, 2.75) is 82.4 Å². The van der Waals surface area contributed by atoms with Crippen molar-refractivity contribution in [2.75, 3.05) is 32.8 Å². The summed E-state index contributed by atoms with van der Waals surface area (Å²) in [4.78, 5) is 20.7. The minimum Gasteiger partial charge on any atom is -0.381 e. The van der Waals surface area contributed by atoms with E-state index in [-0.39, 0.29) is 18.3 Å². The number of likely N-dealkylation sites (tertiary alicyclic amines) is 1. The Bertz CT molecular complexity index is 612. The number of hydrogen-bond acceptors (Lipinski definition) is 6. The number of nitrogens with zero attached hydrogens (tertiary/aromatic N) is 1. The third-order valence-corrected chi connectivity index (χ3v) is 8.43. The highest BCUT2D eigenvalue weighted by atomic mass is 19.1. The van der Waals surface area contributed by atoms with Gasteiger partial charge in [0.15, 0.2) is 0 Å². The van der Waals surface area contributed by atoms with Crippen LogP contribution in [0.2, 0.25) is 0 Å². The maximum absolute atomic E-state index is 14.2. The number of rotatable bonds is 4. The first-order valence-corrected chi connectivity index (χ1v) is 12.6. The summed E-state index contributed by atoms with van der Waals surface area (Å²) in [5.74, 6) is 1.20. The molecular formula is C23H39FN4O3. The van der Waals surface area contributed by atoms with Crippen LogP contribution < -0.4 is 16.1 Å². The van der Waals surface area contributed by atoms with Crippen LogP contribution in [0.15, 0.2) is 0 Å². The SMILES string of the molecule is O=C(C1CCCCC1F)N1CCC(C2NOC(C3CCNC(C4CCOC4)C3)N2)CC1. The fraction of sp³-hybridized carbons (Fsp3) is 0.957. The first kappa shape index (κ1) is 22.0. The number of nitrogens with one attached hydrogen (secondary N) is 3. The van der Waals surface area contributed by atoms with E-state index in [1.807, 2.05) is 4.90 Å². The summed E-state index contributed by atoms with van der Waals surface area (Å²) in [6.45, 7) is 4.27. The third-order valence-electron chi connectivity index (χ3n) is 8.43. The van der Waals surface area contributed by atoms with Gasteiger partial charge >= 0.3 is 0 Å². The van der Waals surface area contributed by atoms with E-state index in [0.717, 1.165) is 77.8 Å². The number of ether oxygens (including phenoxy) is 1. The molecule has 3 N–H and O–H groups in total. The van der Waals surface area contributed by atoms with Crippen molar-refractivity contribution >= 4 is 5.91 Å². The number of amides is 1. The second-order valence-corrected chi connectivity index (χ2v) is 10.3. The highest BCUT2D eigenvalue weighted by Crippen LogP contribution is 2.33. The van der Waals surface area contributed by atoms with Gasteiger partial charge in [0.25, 0.3) is 0 Å². The Labute approximate surface area is 185 Å². The minimum absolute atomic E-state index is 0.0451. The highest BCUT2D eigenvalue weighted by Gasteiger charge is 2.41. The molecule has 7 nitrogen and oxygen atoms in total. The van der Waals surface area contributed by atoms with Crippen molar-refractivity contribution < 1.29 is 18.8 Å². The largest absolute Gasteiger partial charge is 0.381 e. The Morgan fingerprint density at radius 2 is 1.81 bits per heavy atom. The summed E-state index contributed by atoms with van der Waals surface area (Å²) < 4.78 is 19.8. The molecule has 8 heteroatoms. The predicted molar refractivity (Wildman–Crippen MR) is 115 cm³/mol. The van der Waals surface area contributed by atoms with Gasteiger partial charge in [-0.15, -0.1) is 0 Å². The zero-order valence-electron chi connectivity index (χ0n) is 18.6. The van der Waals surface area contributed by atoms with Crippen LogP contribution in [0.4, 0.5) is 4.39 Å². The number of hydroxylamine groups is 1. The summed E-state index contributed by atoms with van der Waals surface area (Å²) in [6.07, 6.45) is 7.66. The first-order valence-electron chi connectivity index (χ1n) is 12.6. The standard InChI is InChI=1S/C23H39FN4O3/c24-19-4-2-1-3-18(19)23(29)28-10-6-15(7-11-28)21-26-22(31-27-21)16-5-9-25-20(13-16)17-8-12-30-14-17/h15-22,25-27H,1-14H2. The molecule has 7 atom stereocenters. The van der Waals surface area contributed by atoms with Gasteiger partial charge in [-0.05, 0) is 63.3 Å². The van der Waals surface area contributed by atoms with E-state index in [1.54, 1.807) is 0 Å². The molecule has 31 heavy (non-hydrogen) atoms. The summed E-state index contributed by atoms with van der Waals surface area (Å²) in [5, 5.41) is 7.39. The van der Waals surface area contributed by atoms with Crippen LogP contribution in [0.3, 0.4) is 0 Å². The van der Waals surface area contributed by atoms with Crippen molar-refractivity contribution in [3.63, 3.8) is 0 Å². The van der Waals surface area contributed by atoms with Crippen molar-refractivity contribution in [3.05, 3.63) is 0 Å². The van der Waals surface area contributed by atoms with Gasteiger partial charge in [0, 0.05) is 31.7 Å². The van der Waals surface area contributed by atoms with Gasteiger partial charge < -0.3 is 15.0 Å². The first-order chi connectivity index (χ1) is 15.2. The quantitative estimate of drug-likeness (QED) is 0.623. The predicted octanol–water partition coefficient (Wildman–Crippen LogP) is 1.93. The summed E-state index contributed by atoms with van der Waals surface area (Å²) in [6, 6.07) is 0.527. The van der Waals surface area contributed by atoms with E-state index in [2.05, 4.69) is 16.1 Å². The molecule has 4 saturated heterocycles. The Hall–Kier alpha value is -0.800. The lowest BCUT2D eigenvalue weighted by molar-refractivity contribution is -0.140. The smallest absolute Gasteiger partial charge is 0.228 e.